The van der Waals surface area contributed by atoms with E-state index in [4.69, 9.17) is 9.47 Å². The third-order valence-corrected chi connectivity index (χ3v) is 1.97. The maximum atomic E-state index is 5.48. The molecule has 1 atom stereocenters. The van der Waals surface area contributed by atoms with Gasteiger partial charge in [-0.1, -0.05) is 0 Å². The Morgan fingerprint density at radius 1 is 1.44 bits per heavy atom. The van der Waals surface area contributed by atoms with Crippen LogP contribution >= 0.6 is 0 Å². The summed E-state index contributed by atoms with van der Waals surface area (Å²) in [6.07, 6.45) is 4.93. The van der Waals surface area contributed by atoms with Gasteiger partial charge in [0.15, 0.2) is 0 Å². The summed E-state index contributed by atoms with van der Waals surface area (Å²) in [5.41, 5.74) is 0. The van der Waals surface area contributed by atoms with Crippen molar-refractivity contribution in [1.82, 2.24) is 0 Å². The fraction of sp³-hybridized carbons (Fsp3) is 1.00. The van der Waals surface area contributed by atoms with Crippen LogP contribution in [-0.2, 0) is 9.47 Å². The largest absolute Gasteiger partial charge is 0.375 e. The fourth-order valence-corrected chi connectivity index (χ4v) is 0.945. The molecule has 0 bridgehead atoms. The van der Waals surface area contributed by atoms with Crippen LogP contribution in [0.1, 0.15) is 19.3 Å². The van der Waals surface area contributed by atoms with Gasteiger partial charge in [0.2, 0.25) is 0 Å². The second-order valence-electron chi connectivity index (χ2n) is 2.84. The van der Waals surface area contributed by atoms with Crippen molar-refractivity contribution in [3.63, 3.8) is 0 Å². The van der Waals surface area contributed by atoms with E-state index in [-0.39, 0.29) is 0 Å². The molecule has 1 saturated heterocycles. The highest BCUT2D eigenvalue weighted by atomic mass is 16.6. The summed E-state index contributed by atoms with van der Waals surface area (Å²) in [4.78, 5) is 0. The highest BCUT2D eigenvalue weighted by Gasteiger charge is 2.26. The predicted molar refractivity (Wildman–Crippen MR) is 33.3 cm³/mol. The fourth-order valence-electron chi connectivity index (χ4n) is 0.945. The zero-order valence-electron chi connectivity index (χ0n) is 5.51. The predicted octanol–water partition coefficient (Wildman–Crippen LogP) is 0.954. The number of ether oxygens (including phenoxy) is 2. The van der Waals surface area contributed by atoms with Crippen molar-refractivity contribution in [2.75, 3.05) is 13.2 Å². The average molecular weight is 128 g/mol. The summed E-state index contributed by atoms with van der Waals surface area (Å²) in [6, 6.07) is 0. The van der Waals surface area contributed by atoms with Gasteiger partial charge in [-0.3, -0.25) is 0 Å². The van der Waals surface area contributed by atoms with Crippen molar-refractivity contribution in [1.29, 1.82) is 0 Å². The molecule has 2 nitrogen and oxygen atoms in total. The quantitative estimate of drug-likeness (QED) is 0.528. The molecule has 1 heterocycles. The molecule has 1 aliphatic heterocycles. The van der Waals surface area contributed by atoms with Crippen LogP contribution in [0.3, 0.4) is 0 Å². The SMILES string of the molecule is C1CC(OCC2CO2)C1. The van der Waals surface area contributed by atoms with Crippen molar-refractivity contribution in [2.45, 2.75) is 31.5 Å². The standard InChI is InChI=1S/C7H12O2/c1-2-6(3-1)8-4-7-5-9-7/h6-7H,1-5H2. The first kappa shape index (κ1) is 5.69. The summed E-state index contributed by atoms with van der Waals surface area (Å²) in [5, 5.41) is 0. The Kier molecular flexibility index (Phi) is 1.44. The lowest BCUT2D eigenvalue weighted by Gasteiger charge is -2.24. The lowest BCUT2D eigenvalue weighted by molar-refractivity contribution is -0.00471. The monoisotopic (exact) mass is 128 g/mol. The molecule has 0 aromatic rings. The van der Waals surface area contributed by atoms with E-state index in [9.17, 15) is 0 Å². The summed E-state index contributed by atoms with van der Waals surface area (Å²) in [7, 11) is 0. The number of rotatable bonds is 3. The van der Waals surface area contributed by atoms with Gasteiger partial charge in [-0.15, -0.1) is 0 Å². The van der Waals surface area contributed by atoms with E-state index in [1.807, 2.05) is 0 Å². The molecule has 2 aliphatic rings. The highest BCUT2D eigenvalue weighted by molar-refractivity contribution is 4.73. The van der Waals surface area contributed by atoms with Gasteiger partial charge in [0, 0.05) is 0 Å². The van der Waals surface area contributed by atoms with E-state index in [1.165, 1.54) is 19.3 Å². The second-order valence-corrected chi connectivity index (χ2v) is 2.84. The first-order chi connectivity index (χ1) is 4.45. The molecular weight excluding hydrogens is 116 g/mol. The van der Waals surface area contributed by atoms with Crippen LogP contribution in [0.5, 0.6) is 0 Å². The topological polar surface area (TPSA) is 21.8 Å². The van der Waals surface area contributed by atoms with Gasteiger partial charge in [0.25, 0.3) is 0 Å². The smallest absolute Gasteiger partial charge is 0.104 e. The molecule has 1 unspecified atom stereocenters. The Bertz CT molecular complexity index is 95.1. The zero-order valence-corrected chi connectivity index (χ0v) is 5.51. The van der Waals surface area contributed by atoms with Crippen LogP contribution in [0.25, 0.3) is 0 Å². The third-order valence-electron chi connectivity index (χ3n) is 1.97. The molecule has 52 valence electrons. The minimum absolute atomic E-state index is 0.450. The maximum Gasteiger partial charge on any atom is 0.104 e. The van der Waals surface area contributed by atoms with E-state index >= 15 is 0 Å². The van der Waals surface area contributed by atoms with Crippen LogP contribution in [0.4, 0.5) is 0 Å². The van der Waals surface area contributed by atoms with E-state index in [0.29, 0.717) is 12.2 Å². The maximum absolute atomic E-state index is 5.48. The first-order valence-corrected chi connectivity index (χ1v) is 3.68. The van der Waals surface area contributed by atoms with E-state index < -0.39 is 0 Å². The van der Waals surface area contributed by atoms with Crippen LogP contribution in [-0.4, -0.2) is 25.4 Å². The highest BCUT2D eigenvalue weighted by Crippen LogP contribution is 2.23. The summed E-state index contributed by atoms with van der Waals surface area (Å²) in [5.74, 6) is 0. The van der Waals surface area contributed by atoms with Gasteiger partial charge in [-0.25, -0.2) is 0 Å². The van der Waals surface area contributed by atoms with Crippen LogP contribution in [0.15, 0.2) is 0 Å². The summed E-state index contributed by atoms with van der Waals surface area (Å²) in [6.45, 7) is 1.76. The van der Waals surface area contributed by atoms with Gasteiger partial charge < -0.3 is 9.47 Å². The molecule has 2 heteroatoms. The molecule has 0 radical (unpaired) electrons. The average Bonchev–Trinajstić information content (AvgIpc) is 2.44. The number of epoxide rings is 1. The van der Waals surface area contributed by atoms with Crippen molar-refractivity contribution in [3.05, 3.63) is 0 Å². The zero-order chi connectivity index (χ0) is 6.10. The van der Waals surface area contributed by atoms with Gasteiger partial charge >= 0.3 is 0 Å². The van der Waals surface area contributed by atoms with Gasteiger partial charge in [0.1, 0.15) is 6.10 Å². The number of hydrogen-bond donors (Lipinski definition) is 0. The molecule has 1 saturated carbocycles. The Labute approximate surface area is 55.1 Å². The molecule has 2 fully saturated rings. The minimum Gasteiger partial charge on any atom is -0.375 e. The van der Waals surface area contributed by atoms with Gasteiger partial charge in [-0.05, 0) is 19.3 Å². The number of hydrogen-bond acceptors (Lipinski definition) is 2. The van der Waals surface area contributed by atoms with E-state index in [1.54, 1.807) is 0 Å². The minimum atomic E-state index is 0.450. The molecule has 0 amide bonds. The van der Waals surface area contributed by atoms with Crippen LogP contribution in [0, 0.1) is 0 Å². The lowest BCUT2D eigenvalue weighted by atomic mass is 9.96. The van der Waals surface area contributed by atoms with Gasteiger partial charge in [-0.2, -0.15) is 0 Å². The Balaban J connectivity index is 1.55. The van der Waals surface area contributed by atoms with E-state index in [2.05, 4.69) is 0 Å². The molecule has 0 N–H and O–H groups in total. The third kappa shape index (κ3) is 1.43. The van der Waals surface area contributed by atoms with Crippen molar-refractivity contribution >= 4 is 0 Å². The molecule has 1 aliphatic carbocycles. The van der Waals surface area contributed by atoms with E-state index in [0.717, 1.165) is 13.2 Å². The summed E-state index contributed by atoms with van der Waals surface area (Å²) >= 11 is 0. The molecule has 0 aromatic carbocycles. The Morgan fingerprint density at radius 2 is 2.22 bits per heavy atom. The van der Waals surface area contributed by atoms with Crippen molar-refractivity contribution in [2.24, 2.45) is 0 Å². The summed E-state index contributed by atoms with van der Waals surface area (Å²) < 4.78 is 10.5. The van der Waals surface area contributed by atoms with Crippen molar-refractivity contribution < 1.29 is 9.47 Å². The normalized spacial score (nSPS) is 34.0. The molecule has 9 heavy (non-hydrogen) atoms. The Hall–Kier alpha value is -0.0800. The molecule has 0 aromatic heterocycles. The van der Waals surface area contributed by atoms with Crippen LogP contribution < -0.4 is 0 Å². The Morgan fingerprint density at radius 3 is 2.67 bits per heavy atom. The lowest BCUT2D eigenvalue weighted by Crippen LogP contribution is -2.23. The molecule has 0 spiro atoms. The van der Waals surface area contributed by atoms with Crippen LogP contribution in [0.2, 0.25) is 0 Å². The second kappa shape index (κ2) is 2.27. The van der Waals surface area contributed by atoms with Crippen molar-refractivity contribution in [3.8, 4) is 0 Å². The first-order valence-electron chi connectivity index (χ1n) is 3.68. The molecular formula is C7H12O2. The van der Waals surface area contributed by atoms with Gasteiger partial charge in [0.05, 0.1) is 19.3 Å². The molecule has 2 rings (SSSR count).